The van der Waals surface area contributed by atoms with Crippen molar-refractivity contribution in [1.82, 2.24) is 19.6 Å². The standard InChI is InChI=1S/C21H18F2N4O/c1-13-17(10-24-11-19(13)23)15-8-6-14(27-12-25-26-21(15)27)7-9-16-18(22)4-3-5-20(16)28-2/h3-6,8,10-12H,7,9H2,1-2H3. The zero-order valence-electron chi connectivity index (χ0n) is 15.5. The van der Waals surface area contributed by atoms with E-state index in [-0.39, 0.29) is 11.6 Å². The van der Waals surface area contributed by atoms with Gasteiger partial charge in [0.2, 0.25) is 0 Å². The lowest BCUT2D eigenvalue weighted by atomic mass is 10.0. The summed E-state index contributed by atoms with van der Waals surface area (Å²) in [7, 11) is 1.53. The lowest BCUT2D eigenvalue weighted by Gasteiger charge is -2.12. The fourth-order valence-corrected chi connectivity index (χ4v) is 3.37. The van der Waals surface area contributed by atoms with Gasteiger partial charge < -0.3 is 4.74 Å². The van der Waals surface area contributed by atoms with E-state index >= 15 is 0 Å². The molecule has 0 fully saturated rings. The van der Waals surface area contributed by atoms with Crippen LogP contribution in [0, 0.1) is 18.6 Å². The van der Waals surface area contributed by atoms with Crippen molar-refractivity contribution in [3.8, 4) is 16.9 Å². The van der Waals surface area contributed by atoms with E-state index in [2.05, 4.69) is 15.2 Å². The fraction of sp³-hybridized carbons (Fsp3) is 0.190. The molecule has 0 N–H and O–H groups in total. The van der Waals surface area contributed by atoms with Crippen LogP contribution in [0.2, 0.25) is 0 Å². The molecule has 7 heteroatoms. The van der Waals surface area contributed by atoms with Crippen molar-refractivity contribution in [3.05, 3.63) is 77.5 Å². The Morgan fingerprint density at radius 1 is 1.00 bits per heavy atom. The Morgan fingerprint density at radius 2 is 1.86 bits per heavy atom. The third-order valence-electron chi connectivity index (χ3n) is 4.91. The van der Waals surface area contributed by atoms with Gasteiger partial charge in [0.15, 0.2) is 5.65 Å². The molecular weight excluding hydrogens is 362 g/mol. The van der Waals surface area contributed by atoms with E-state index < -0.39 is 0 Å². The van der Waals surface area contributed by atoms with Crippen LogP contribution in [-0.2, 0) is 12.8 Å². The maximum atomic E-state index is 14.2. The summed E-state index contributed by atoms with van der Waals surface area (Å²) >= 11 is 0. The second kappa shape index (κ2) is 7.34. The normalized spacial score (nSPS) is 11.1. The average molecular weight is 380 g/mol. The van der Waals surface area contributed by atoms with Crippen molar-refractivity contribution in [2.45, 2.75) is 19.8 Å². The molecule has 0 radical (unpaired) electrons. The van der Waals surface area contributed by atoms with Gasteiger partial charge in [-0.05, 0) is 49.6 Å². The Balaban J connectivity index is 1.72. The molecule has 0 unspecified atom stereocenters. The van der Waals surface area contributed by atoms with E-state index in [0.717, 1.165) is 11.3 Å². The highest BCUT2D eigenvalue weighted by Gasteiger charge is 2.15. The number of ether oxygens (including phenoxy) is 1. The highest BCUT2D eigenvalue weighted by Crippen LogP contribution is 2.29. The van der Waals surface area contributed by atoms with Crippen LogP contribution in [0.5, 0.6) is 5.75 Å². The number of hydrogen-bond donors (Lipinski definition) is 0. The van der Waals surface area contributed by atoms with Crippen molar-refractivity contribution >= 4 is 5.65 Å². The maximum Gasteiger partial charge on any atom is 0.168 e. The van der Waals surface area contributed by atoms with Gasteiger partial charge in [0.25, 0.3) is 0 Å². The summed E-state index contributed by atoms with van der Waals surface area (Å²) < 4.78 is 35.3. The molecule has 3 aromatic heterocycles. The Labute approximate surface area is 160 Å². The molecule has 0 saturated carbocycles. The van der Waals surface area contributed by atoms with E-state index in [4.69, 9.17) is 4.74 Å². The first-order valence-electron chi connectivity index (χ1n) is 8.83. The van der Waals surface area contributed by atoms with Crippen molar-refractivity contribution in [2.24, 2.45) is 0 Å². The third kappa shape index (κ3) is 3.09. The second-order valence-electron chi connectivity index (χ2n) is 6.48. The molecular formula is C21H18F2N4O. The molecule has 28 heavy (non-hydrogen) atoms. The fourth-order valence-electron chi connectivity index (χ4n) is 3.37. The summed E-state index contributed by atoms with van der Waals surface area (Å²) in [4.78, 5) is 3.95. The average Bonchev–Trinajstić information content (AvgIpc) is 3.19. The monoisotopic (exact) mass is 380 g/mol. The number of nitrogens with zero attached hydrogens (tertiary/aromatic N) is 4. The van der Waals surface area contributed by atoms with Gasteiger partial charge in [-0.3, -0.25) is 9.38 Å². The molecule has 0 bridgehead atoms. The van der Waals surface area contributed by atoms with Gasteiger partial charge in [0.1, 0.15) is 23.7 Å². The van der Waals surface area contributed by atoms with Crippen molar-refractivity contribution in [3.63, 3.8) is 0 Å². The lowest BCUT2D eigenvalue weighted by Crippen LogP contribution is -2.03. The number of aryl methyl sites for hydroxylation is 1. The van der Waals surface area contributed by atoms with Gasteiger partial charge in [-0.15, -0.1) is 10.2 Å². The summed E-state index contributed by atoms with van der Waals surface area (Å²) in [5, 5.41) is 8.20. The van der Waals surface area contributed by atoms with Gasteiger partial charge in [0.05, 0.1) is 13.3 Å². The van der Waals surface area contributed by atoms with Gasteiger partial charge >= 0.3 is 0 Å². The first kappa shape index (κ1) is 18.0. The Morgan fingerprint density at radius 3 is 2.68 bits per heavy atom. The van der Waals surface area contributed by atoms with Crippen molar-refractivity contribution < 1.29 is 13.5 Å². The molecule has 3 heterocycles. The molecule has 0 aliphatic rings. The molecule has 4 rings (SSSR count). The third-order valence-corrected chi connectivity index (χ3v) is 4.91. The van der Waals surface area contributed by atoms with Crippen LogP contribution in [0.1, 0.15) is 16.8 Å². The number of methoxy groups -OCH3 is 1. The number of benzene rings is 1. The van der Waals surface area contributed by atoms with Gasteiger partial charge in [0, 0.05) is 28.6 Å². The highest BCUT2D eigenvalue weighted by molar-refractivity contribution is 5.79. The van der Waals surface area contributed by atoms with Crippen LogP contribution < -0.4 is 4.74 Å². The quantitative estimate of drug-likeness (QED) is 0.521. The van der Waals surface area contributed by atoms with Crippen LogP contribution in [0.15, 0.2) is 49.1 Å². The molecule has 142 valence electrons. The largest absolute Gasteiger partial charge is 0.496 e. The minimum atomic E-state index is -0.370. The zero-order chi connectivity index (χ0) is 19.7. The van der Waals surface area contributed by atoms with Gasteiger partial charge in [-0.2, -0.15) is 0 Å². The summed E-state index contributed by atoms with van der Waals surface area (Å²) in [5.74, 6) is -0.138. The van der Waals surface area contributed by atoms with Crippen LogP contribution in [0.3, 0.4) is 0 Å². The van der Waals surface area contributed by atoms with Gasteiger partial charge in [-0.25, -0.2) is 8.78 Å². The molecule has 5 nitrogen and oxygen atoms in total. The molecule has 0 aliphatic carbocycles. The number of aromatic nitrogens is 4. The van der Waals surface area contributed by atoms with E-state index in [1.165, 1.54) is 19.4 Å². The minimum Gasteiger partial charge on any atom is -0.496 e. The van der Waals surface area contributed by atoms with Crippen molar-refractivity contribution in [1.29, 1.82) is 0 Å². The first-order chi connectivity index (χ1) is 13.6. The predicted molar refractivity (Wildman–Crippen MR) is 101 cm³/mol. The van der Waals surface area contributed by atoms with E-state index in [1.807, 2.05) is 16.5 Å². The smallest absolute Gasteiger partial charge is 0.168 e. The predicted octanol–water partition coefficient (Wildman–Crippen LogP) is 4.17. The van der Waals surface area contributed by atoms with Crippen LogP contribution in [0.25, 0.3) is 16.8 Å². The molecule has 1 aromatic carbocycles. The SMILES string of the molecule is COc1cccc(F)c1CCc1ccc(-c2cncc(F)c2C)c2nncn12. The number of rotatable bonds is 5. The van der Waals surface area contributed by atoms with E-state index in [1.54, 1.807) is 31.6 Å². The summed E-state index contributed by atoms with van der Waals surface area (Å²) in [6.45, 7) is 1.71. The van der Waals surface area contributed by atoms with E-state index in [0.29, 0.717) is 40.9 Å². The summed E-state index contributed by atoms with van der Waals surface area (Å²) in [6.07, 6.45) is 5.44. The molecule has 0 atom stereocenters. The topological polar surface area (TPSA) is 52.3 Å². The van der Waals surface area contributed by atoms with Gasteiger partial charge in [-0.1, -0.05) is 6.07 Å². The molecule has 0 aliphatic heterocycles. The Kier molecular flexibility index (Phi) is 4.73. The highest BCUT2D eigenvalue weighted by atomic mass is 19.1. The number of hydrogen-bond acceptors (Lipinski definition) is 4. The van der Waals surface area contributed by atoms with Crippen LogP contribution >= 0.6 is 0 Å². The second-order valence-corrected chi connectivity index (χ2v) is 6.48. The van der Waals surface area contributed by atoms with Crippen molar-refractivity contribution in [2.75, 3.05) is 7.11 Å². The van der Waals surface area contributed by atoms with Crippen LogP contribution in [-0.4, -0.2) is 26.7 Å². The zero-order valence-corrected chi connectivity index (χ0v) is 15.5. The summed E-state index contributed by atoms with van der Waals surface area (Å²) in [5.41, 5.74) is 3.96. The number of halogens is 2. The molecule has 0 saturated heterocycles. The van der Waals surface area contributed by atoms with E-state index in [9.17, 15) is 8.78 Å². The lowest BCUT2D eigenvalue weighted by molar-refractivity contribution is 0.404. The summed E-state index contributed by atoms with van der Waals surface area (Å²) in [6, 6.07) is 8.59. The Bertz CT molecular complexity index is 1160. The molecule has 0 spiro atoms. The number of pyridine rings is 2. The Hall–Kier alpha value is -3.35. The van der Waals surface area contributed by atoms with Crippen LogP contribution in [0.4, 0.5) is 8.78 Å². The maximum absolute atomic E-state index is 14.2. The minimum absolute atomic E-state index is 0.294. The number of fused-ring (bicyclic) bond motifs is 1. The molecule has 0 amide bonds. The first-order valence-corrected chi connectivity index (χ1v) is 8.83. The molecule has 4 aromatic rings.